The third-order valence-corrected chi connectivity index (χ3v) is 4.28. The Kier molecular flexibility index (Phi) is 7.01. The molecule has 0 atom stereocenters. The summed E-state index contributed by atoms with van der Waals surface area (Å²) >= 11 is 6.09. The highest BCUT2D eigenvalue weighted by molar-refractivity contribution is 6.31. The Labute approximate surface area is 163 Å². The third kappa shape index (κ3) is 4.89. The molecule has 0 saturated heterocycles. The normalized spacial score (nSPS) is 10.1. The molecule has 2 aromatic carbocycles. The van der Waals surface area contributed by atoms with Crippen LogP contribution in [0.2, 0.25) is 5.02 Å². The number of hydrogen-bond donors (Lipinski definition) is 2. The summed E-state index contributed by atoms with van der Waals surface area (Å²) in [6, 6.07) is 6.88. The number of aryl methyl sites for hydroxylation is 1. The van der Waals surface area contributed by atoms with Crippen LogP contribution in [0.4, 0.5) is 11.4 Å². The van der Waals surface area contributed by atoms with Gasteiger partial charge in [-0.25, -0.2) is 0 Å². The predicted octanol–water partition coefficient (Wildman–Crippen LogP) is 3.73. The van der Waals surface area contributed by atoms with Gasteiger partial charge in [-0.3, -0.25) is 4.79 Å². The minimum absolute atomic E-state index is 0.0312. The first-order chi connectivity index (χ1) is 12.9. The van der Waals surface area contributed by atoms with Crippen molar-refractivity contribution in [3.63, 3.8) is 0 Å². The number of carbonyl (C=O) groups excluding carboxylic acids is 1. The molecule has 0 heterocycles. The van der Waals surface area contributed by atoms with Crippen LogP contribution in [-0.2, 0) is 4.79 Å². The minimum atomic E-state index is -0.247. The van der Waals surface area contributed by atoms with Crippen molar-refractivity contribution in [3.8, 4) is 23.0 Å². The van der Waals surface area contributed by atoms with Crippen LogP contribution in [0.5, 0.6) is 23.0 Å². The Balaban J connectivity index is 2.11. The zero-order valence-corrected chi connectivity index (χ0v) is 16.7. The van der Waals surface area contributed by atoms with Crippen molar-refractivity contribution < 1.29 is 23.7 Å². The first-order valence-electron chi connectivity index (χ1n) is 8.11. The maximum Gasteiger partial charge on any atom is 0.243 e. The van der Waals surface area contributed by atoms with E-state index in [1.165, 1.54) is 28.4 Å². The largest absolute Gasteiger partial charge is 0.495 e. The Morgan fingerprint density at radius 3 is 2.04 bits per heavy atom. The molecule has 146 valence electrons. The van der Waals surface area contributed by atoms with Gasteiger partial charge in [-0.05, 0) is 18.6 Å². The van der Waals surface area contributed by atoms with Gasteiger partial charge in [0, 0.05) is 28.9 Å². The molecule has 7 nitrogen and oxygen atoms in total. The van der Waals surface area contributed by atoms with Crippen LogP contribution in [0.25, 0.3) is 0 Å². The highest BCUT2D eigenvalue weighted by Crippen LogP contribution is 2.39. The summed E-state index contributed by atoms with van der Waals surface area (Å²) < 4.78 is 21.2. The van der Waals surface area contributed by atoms with Crippen molar-refractivity contribution in [2.45, 2.75) is 6.92 Å². The van der Waals surface area contributed by atoms with Gasteiger partial charge in [0.1, 0.15) is 5.75 Å². The lowest BCUT2D eigenvalue weighted by atomic mass is 10.2. The van der Waals surface area contributed by atoms with Gasteiger partial charge in [-0.2, -0.15) is 0 Å². The Morgan fingerprint density at radius 1 is 0.926 bits per heavy atom. The van der Waals surface area contributed by atoms with Crippen LogP contribution < -0.4 is 29.6 Å². The summed E-state index contributed by atoms with van der Waals surface area (Å²) in [7, 11) is 6.11. The van der Waals surface area contributed by atoms with E-state index in [2.05, 4.69) is 10.6 Å². The predicted molar refractivity (Wildman–Crippen MR) is 106 cm³/mol. The number of ether oxygens (including phenoxy) is 4. The van der Waals surface area contributed by atoms with Crippen LogP contribution in [-0.4, -0.2) is 40.9 Å². The van der Waals surface area contributed by atoms with Gasteiger partial charge in [0.25, 0.3) is 0 Å². The SMILES string of the molecule is COc1cc(Cl)c(C)cc1NC(=O)CNc1cc(OC)c(OC)c(OC)c1. The van der Waals surface area contributed by atoms with Crippen molar-refractivity contribution in [1.29, 1.82) is 0 Å². The third-order valence-electron chi connectivity index (χ3n) is 3.87. The molecular formula is C19H23ClN2O5. The molecule has 2 N–H and O–H groups in total. The number of methoxy groups -OCH3 is 4. The van der Waals surface area contributed by atoms with Gasteiger partial charge in [-0.1, -0.05) is 11.6 Å². The lowest BCUT2D eigenvalue weighted by molar-refractivity contribution is -0.114. The van der Waals surface area contributed by atoms with Crippen molar-refractivity contribution in [1.82, 2.24) is 0 Å². The molecule has 27 heavy (non-hydrogen) atoms. The fraction of sp³-hybridized carbons (Fsp3) is 0.316. The van der Waals surface area contributed by atoms with Gasteiger partial charge >= 0.3 is 0 Å². The molecule has 0 unspecified atom stereocenters. The van der Waals surface area contributed by atoms with Gasteiger partial charge < -0.3 is 29.6 Å². The molecule has 8 heteroatoms. The van der Waals surface area contributed by atoms with Crippen molar-refractivity contribution in [2.24, 2.45) is 0 Å². The second-order valence-corrected chi connectivity index (χ2v) is 6.02. The van der Waals surface area contributed by atoms with Crippen LogP contribution in [0, 0.1) is 6.92 Å². The van der Waals surface area contributed by atoms with Crippen LogP contribution >= 0.6 is 11.6 Å². The molecule has 0 aliphatic carbocycles. The number of halogens is 1. The molecule has 0 radical (unpaired) electrons. The highest BCUT2D eigenvalue weighted by Gasteiger charge is 2.14. The molecule has 2 rings (SSSR count). The van der Waals surface area contributed by atoms with E-state index in [1.807, 2.05) is 6.92 Å². The van der Waals surface area contributed by atoms with Crippen LogP contribution in [0.15, 0.2) is 24.3 Å². The maximum absolute atomic E-state index is 12.3. The number of amides is 1. The van der Waals surface area contributed by atoms with E-state index in [9.17, 15) is 4.79 Å². The zero-order valence-electron chi connectivity index (χ0n) is 15.9. The quantitative estimate of drug-likeness (QED) is 0.710. The molecule has 0 fully saturated rings. The second-order valence-electron chi connectivity index (χ2n) is 5.62. The maximum atomic E-state index is 12.3. The fourth-order valence-electron chi connectivity index (χ4n) is 2.49. The van der Waals surface area contributed by atoms with Crippen molar-refractivity contribution in [2.75, 3.05) is 45.6 Å². The molecule has 0 saturated carbocycles. The molecule has 1 amide bonds. The number of nitrogens with one attached hydrogen (secondary N) is 2. The van der Waals surface area contributed by atoms with Gasteiger partial charge in [0.05, 0.1) is 40.7 Å². The summed E-state index contributed by atoms with van der Waals surface area (Å²) in [5, 5.41) is 6.41. The van der Waals surface area contributed by atoms with E-state index in [0.29, 0.717) is 39.4 Å². The number of rotatable bonds is 8. The molecule has 0 aliphatic rings. The molecule has 0 aromatic heterocycles. The van der Waals surface area contributed by atoms with Gasteiger partial charge in [0.2, 0.25) is 11.7 Å². The van der Waals surface area contributed by atoms with E-state index in [1.54, 1.807) is 24.3 Å². The number of anilines is 2. The van der Waals surface area contributed by atoms with E-state index in [4.69, 9.17) is 30.5 Å². The summed E-state index contributed by atoms with van der Waals surface area (Å²) in [4.78, 5) is 12.3. The molecule has 2 aromatic rings. The Hall–Kier alpha value is -2.80. The van der Waals surface area contributed by atoms with Gasteiger partial charge in [0.15, 0.2) is 11.5 Å². The summed E-state index contributed by atoms with van der Waals surface area (Å²) in [6.07, 6.45) is 0. The summed E-state index contributed by atoms with van der Waals surface area (Å²) in [5.74, 6) is 1.72. The van der Waals surface area contributed by atoms with Gasteiger partial charge in [-0.15, -0.1) is 0 Å². The van der Waals surface area contributed by atoms with Crippen LogP contribution in [0.1, 0.15) is 5.56 Å². The molecule has 0 bridgehead atoms. The second kappa shape index (κ2) is 9.23. The standard InChI is InChI=1S/C19H23ClN2O5/c1-11-6-14(15(24-2)9-13(11)20)22-18(23)10-21-12-7-16(25-3)19(27-5)17(8-12)26-4/h6-9,21H,10H2,1-5H3,(H,22,23). The first kappa shape index (κ1) is 20.5. The van der Waals surface area contributed by atoms with E-state index in [0.717, 1.165) is 5.56 Å². The monoisotopic (exact) mass is 394 g/mol. The zero-order chi connectivity index (χ0) is 20.0. The van der Waals surface area contributed by atoms with Crippen molar-refractivity contribution >= 4 is 28.9 Å². The molecule has 0 spiro atoms. The Bertz CT molecular complexity index is 801. The molecule has 0 aliphatic heterocycles. The lowest BCUT2D eigenvalue weighted by Crippen LogP contribution is -2.22. The summed E-state index contributed by atoms with van der Waals surface area (Å²) in [6.45, 7) is 1.88. The highest BCUT2D eigenvalue weighted by atomic mass is 35.5. The topological polar surface area (TPSA) is 78.1 Å². The number of benzene rings is 2. The molecular weight excluding hydrogens is 372 g/mol. The number of carbonyl (C=O) groups is 1. The minimum Gasteiger partial charge on any atom is -0.495 e. The number of hydrogen-bond acceptors (Lipinski definition) is 6. The fourth-order valence-corrected chi connectivity index (χ4v) is 2.64. The van der Waals surface area contributed by atoms with Crippen LogP contribution in [0.3, 0.4) is 0 Å². The average molecular weight is 395 g/mol. The first-order valence-corrected chi connectivity index (χ1v) is 8.49. The van der Waals surface area contributed by atoms with E-state index < -0.39 is 0 Å². The lowest BCUT2D eigenvalue weighted by Gasteiger charge is -2.15. The Morgan fingerprint density at radius 2 is 1.52 bits per heavy atom. The summed E-state index contributed by atoms with van der Waals surface area (Å²) in [5.41, 5.74) is 2.04. The smallest absolute Gasteiger partial charge is 0.243 e. The van der Waals surface area contributed by atoms with E-state index in [-0.39, 0.29) is 12.5 Å². The van der Waals surface area contributed by atoms with Crippen molar-refractivity contribution in [3.05, 3.63) is 34.9 Å². The van der Waals surface area contributed by atoms with E-state index >= 15 is 0 Å². The average Bonchev–Trinajstić information content (AvgIpc) is 2.67.